The fraction of sp³-hybridized carbons (Fsp3) is 0.571. The summed E-state index contributed by atoms with van der Waals surface area (Å²) in [5, 5.41) is 0. The standard InChI is InChI=1S/C14H22BrNO2S/c1-14(2,3)9-13(15)10-16-19(17,18)11-12-7-5-4-6-8-12/h4-8,13,16H,9-11H2,1-3H3. The van der Waals surface area contributed by atoms with Crippen molar-refractivity contribution in [1.29, 1.82) is 0 Å². The minimum Gasteiger partial charge on any atom is -0.214 e. The molecule has 0 radical (unpaired) electrons. The first-order valence-electron chi connectivity index (χ1n) is 6.33. The number of hydrogen-bond donors (Lipinski definition) is 1. The van der Waals surface area contributed by atoms with Gasteiger partial charge in [0.05, 0.1) is 5.75 Å². The number of hydrogen-bond acceptors (Lipinski definition) is 2. The molecule has 0 spiro atoms. The molecule has 0 aromatic heterocycles. The number of nitrogens with one attached hydrogen (secondary N) is 1. The van der Waals surface area contributed by atoms with Gasteiger partial charge in [-0.15, -0.1) is 0 Å². The highest BCUT2D eigenvalue weighted by atomic mass is 79.9. The lowest BCUT2D eigenvalue weighted by molar-refractivity contribution is 0.373. The van der Waals surface area contributed by atoms with E-state index in [9.17, 15) is 8.42 Å². The molecule has 5 heteroatoms. The normalized spacial score (nSPS) is 14.3. The molecule has 1 rings (SSSR count). The van der Waals surface area contributed by atoms with Crippen LogP contribution in [0.5, 0.6) is 0 Å². The van der Waals surface area contributed by atoms with Crippen molar-refractivity contribution in [3.05, 3.63) is 35.9 Å². The molecule has 3 nitrogen and oxygen atoms in total. The van der Waals surface area contributed by atoms with Gasteiger partial charge < -0.3 is 0 Å². The molecule has 1 unspecified atom stereocenters. The van der Waals surface area contributed by atoms with Gasteiger partial charge in [0.1, 0.15) is 0 Å². The SMILES string of the molecule is CC(C)(C)CC(Br)CNS(=O)(=O)Cc1ccccc1. The fourth-order valence-electron chi connectivity index (χ4n) is 1.80. The van der Waals surface area contributed by atoms with Gasteiger partial charge >= 0.3 is 0 Å². The van der Waals surface area contributed by atoms with Gasteiger partial charge in [-0.25, -0.2) is 13.1 Å². The summed E-state index contributed by atoms with van der Waals surface area (Å²) in [4.78, 5) is 0.151. The summed E-state index contributed by atoms with van der Waals surface area (Å²) in [6, 6.07) is 9.21. The minimum atomic E-state index is -3.27. The van der Waals surface area contributed by atoms with Crippen molar-refractivity contribution < 1.29 is 8.42 Å². The summed E-state index contributed by atoms with van der Waals surface area (Å²) in [6.45, 7) is 6.84. The highest BCUT2D eigenvalue weighted by Gasteiger charge is 2.19. The molecule has 0 aliphatic heterocycles. The van der Waals surface area contributed by atoms with E-state index in [1.807, 2.05) is 30.3 Å². The van der Waals surface area contributed by atoms with Crippen molar-refractivity contribution in [1.82, 2.24) is 4.72 Å². The van der Waals surface area contributed by atoms with Gasteiger partial charge in [0.2, 0.25) is 10.0 Å². The topological polar surface area (TPSA) is 46.2 Å². The number of benzene rings is 1. The van der Waals surface area contributed by atoms with Gasteiger partial charge in [0.25, 0.3) is 0 Å². The molecule has 0 saturated carbocycles. The van der Waals surface area contributed by atoms with Crippen LogP contribution in [0, 0.1) is 5.41 Å². The maximum Gasteiger partial charge on any atom is 0.215 e. The van der Waals surface area contributed by atoms with Crippen LogP contribution >= 0.6 is 15.9 Å². The van der Waals surface area contributed by atoms with Crippen LogP contribution in [0.1, 0.15) is 32.8 Å². The number of rotatable bonds is 6. The van der Waals surface area contributed by atoms with Gasteiger partial charge in [-0.3, -0.25) is 0 Å². The van der Waals surface area contributed by atoms with E-state index in [2.05, 4.69) is 41.4 Å². The molecule has 1 aromatic rings. The lowest BCUT2D eigenvalue weighted by Gasteiger charge is -2.22. The molecule has 0 heterocycles. The maximum atomic E-state index is 11.9. The van der Waals surface area contributed by atoms with Crippen molar-refractivity contribution in [3.63, 3.8) is 0 Å². The second kappa shape index (κ2) is 6.86. The Morgan fingerprint density at radius 2 is 1.79 bits per heavy atom. The first-order chi connectivity index (χ1) is 8.68. The highest BCUT2D eigenvalue weighted by Crippen LogP contribution is 2.24. The van der Waals surface area contributed by atoms with Crippen LogP contribution in [-0.2, 0) is 15.8 Å². The van der Waals surface area contributed by atoms with Gasteiger partial charge in [-0.2, -0.15) is 0 Å². The molecule has 108 valence electrons. The monoisotopic (exact) mass is 347 g/mol. The predicted molar refractivity (Wildman–Crippen MR) is 83.9 cm³/mol. The molecule has 19 heavy (non-hydrogen) atoms. The van der Waals surface area contributed by atoms with Crippen LogP contribution in [0.2, 0.25) is 0 Å². The number of alkyl halides is 1. The Morgan fingerprint density at radius 1 is 1.21 bits per heavy atom. The van der Waals surface area contributed by atoms with Crippen molar-refractivity contribution in [2.75, 3.05) is 6.54 Å². The Hall–Kier alpha value is -0.390. The summed E-state index contributed by atoms with van der Waals surface area (Å²) in [5.41, 5.74) is 0.982. The third kappa shape index (κ3) is 7.70. The molecule has 1 atom stereocenters. The van der Waals surface area contributed by atoms with E-state index >= 15 is 0 Å². The molecule has 1 N–H and O–H groups in total. The maximum absolute atomic E-state index is 11.9. The van der Waals surface area contributed by atoms with Crippen LogP contribution in [0.4, 0.5) is 0 Å². The Bertz CT molecular complexity index is 480. The van der Waals surface area contributed by atoms with Crippen molar-refractivity contribution in [2.24, 2.45) is 5.41 Å². The second-order valence-electron chi connectivity index (χ2n) is 5.96. The van der Waals surface area contributed by atoms with E-state index in [4.69, 9.17) is 0 Å². The van der Waals surface area contributed by atoms with E-state index in [0.29, 0.717) is 6.54 Å². The smallest absolute Gasteiger partial charge is 0.214 e. The lowest BCUT2D eigenvalue weighted by atomic mass is 9.91. The predicted octanol–water partition coefficient (Wildman–Crippen LogP) is 3.31. The lowest BCUT2D eigenvalue weighted by Crippen LogP contribution is -2.32. The molecule has 0 saturated heterocycles. The molecule has 0 aliphatic carbocycles. The van der Waals surface area contributed by atoms with E-state index < -0.39 is 10.0 Å². The Labute approximate surface area is 125 Å². The summed E-state index contributed by atoms with van der Waals surface area (Å²) in [5.74, 6) is 0.0308. The second-order valence-corrected chi connectivity index (χ2v) is 9.06. The number of sulfonamides is 1. The summed E-state index contributed by atoms with van der Waals surface area (Å²) < 4.78 is 26.5. The van der Waals surface area contributed by atoms with Crippen LogP contribution in [0.3, 0.4) is 0 Å². The molecule has 0 fully saturated rings. The van der Waals surface area contributed by atoms with Crippen molar-refractivity contribution in [3.8, 4) is 0 Å². The van der Waals surface area contributed by atoms with E-state index in [1.54, 1.807) is 0 Å². The Morgan fingerprint density at radius 3 is 2.32 bits per heavy atom. The van der Waals surface area contributed by atoms with Gasteiger partial charge in [-0.1, -0.05) is 67.0 Å². The van der Waals surface area contributed by atoms with Crippen molar-refractivity contribution in [2.45, 2.75) is 37.8 Å². The zero-order valence-corrected chi connectivity index (χ0v) is 14.1. The van der Waals surface area contributed by atoms with Gasteiger partial charge in [-0.05, 0) is 17.4 Å². The first kappa shape index (κ1) is 16.7. The van der Waals surface area contributed by atoms with Gasteiger partial charge in [0, 0.05) is 11.4 Å². The zero-order valence-electron chi connectivity index (χ0n) is 11.7. The average molecular weight is 348 g/mol. The third-order valence-electron chi connectivity index (χ3n) is 2.56. The van der Waals surface area contributed by atoms with E-state index in [1.165, 1.54) is 0 Å². The van der Waals surface area contributed by atoms with E-state index in [-0.39, 0.29) is 16.0 Å². The van der Waals surface area contributed by atoms with Gasteiger partial charge in [0.15, 0.2) is 0 Å². The zero-order chi connectivity index (χ0) is 14.5. The molecule has 0 aliphatic rings. The van der Waals surface area contributed by atoms with Crippen LogP contribution in [0.15, 0.2) is 30.3 Å². The third-order valence-corrected chi connectivity index (χ3v) is 4.53. The van der Waals surface area contributed by atoms with Crippen LogP contribution in [0.25, 0.3) is 0 Å². The van der Waals surface area contributed by atoms with Crippen molar-refractivity contribution >= 4 is 26.0 Å². The number of halogens is 1. The molecule has 0 amide bonds. The highest BCUT2D eigenvalue weighted by molar-refractivity contribution is 9.09. The largest absolute Gasteiger partial charge is 0.215 e. The summed E-state index contributed by atoms with van der Waals surface area (Å²) in [7, 11) is -3.27. The first-order valence-corrected chi connectivity index (χ1v) is 8.90. The molecular formula is C14H22BrNO2S. The summed E-state index contributed by atoms with van der Waals surface area (Å²) in [6.07, 6.45) is 0.918. The molecular weight excluding hydrogens is 326 g/mol. The minimum absolute atomic E-state index is 0.0308. The Balaban J connectivity index is 2.48. The Kier molecular flexibility index (Phi) is 6.02. The van der Waals surface area contributed by atoms with E-state index in [0.717, 1.165) is 12.0 Å². The van der Waals surface area contributed by atoms with Crippen LogP contribution in [-0.4, -0.2) is 19.8 Å². The van der Waals surface area contributed by atoms with Crippen LogP contribution < -0.4 is 4.72 Å². The quantitative estimate of drug-likeness (QED) is 0.802. The summed E-state index contributed by atoms with van der Waals surface area (Å²) >= 11 is 3.52. The molecule has 0 bridgehead atoms. The fourth-order valence-corrected chi connectivity index (χ4v) is 4.33. The molecule has 1 aromatic carbocycles. The average Bonchev–Trinajstić information content (AvgIpc) is 2.25.